The maximum atomic E-state index is 7.12. The first-order valence-electron chi connectivity index (χ1n) is 29.4. The predicted molar refractivity (Wildman–Crippen MR) is 361 cm³/mol. The maximum absolute atomic E-state index is 7.12. The zero-order valence-corrected chi connectivity index (χ0v) is 47.0. The normalized spacial score (nSPS) is 11.5. The molecule has 0 aliphatic carbocycles. The second-order valence-electron chi connectivity index (χ2n) is 22.3. The molecule has 0 saturated carbocycles. The van der Waals surface area contributed by atoms with Crippen LogP contribution in [0.2, 0.25) is 0 Å². The lowest BCUT2D eigenvalue weighted by Crippen LogP contribution is -1.91. The Labute approximate surface area is 499 Å². The van der Waals surface area contributed by atoms with E-state index in [1.165, 1.54) is 44.5 Å². The Morgan fingerprint density at radius 3 is 0.640 bits per heavy atom. The number of hydrogen-bond donors (Lipinski definition) is 0. The highest BCUT2D eigenvalue weighted by atomic mass is 16.3. The molecule has 0 saturated heterocycles. The third kappa shape index (κ3) is 9.27. The summed E-state index contributed by atoms with van der Waals surface area (Å²) < 4.78 is 14.2. The summed E-state index contributed by atoms with van der Waals surface area (Å²) in [5.74, 6) is 0. The molecule has 16 aromatic rings. The van der Waals surface area contributed by atoms with Crippen molar-refractivity contribution in [2.24, 2.45) is 0 Å². The minimum Gasteiger partial charge on any atom is -0.455 e. The van der Waals surface area contributed by atoms with E-state index in [1.54, 1.807) is 0 Å². The third-order valence-corrected chi connectivity index (χ3v) is 17.2. The second kappa shape index (κ2) is 21.5. The van der Waals surface area contributed by atoms with Gasteiger partial charge in [0.25, 0.3) is 0 Å². The van der Waals surface area contributed by atoms with Gasteiger partial charge in [0.15, 0.2) is 0 Å². The molecule has 2 heterocycles. The van der Waals surface area contributed by atoms with Crippen LogP contribution in [0.3, 0.4) is 0 Å². The molecule has 0 N–H and O–H groups in total. The Balaban J connectivity index is 0.864. The lowest BCUT2D eigenvalue weighted by molar-refractivity contribution is 0.669. The second-order valence-corrected chi connectivity index (χ2v) is 22.3. The van der Waals surface area contributed by atoms with Crippen molar-refractivity contribution in [3.05, 3.63) is 328 Å². The average molecular weight is 1100 g/mol. The van der Waals surface area contributed by atoms with Crippen LogP contribution in [0, 0.1) is 0 Å². The molecule has 16 rings (SSSR count). The molecule has 2 nitrogen and oxygen atoms in total. The fourth-order valence-electron chi connectivity index (χ4n) is 12.7. The summed E-state index contributed by atoms with van der Waals surface area (Å²) in [5, 5.41) is 4.26. The molecule has 0 bridgehead atoms. The summed E-state index contributed by atoms with van der Waals surface area (Å²) in [7, 11) is 0. The Hall–Kier alpha value is -11.3. The van der Waals surface area contributed by atoms with Crippen LogP contribution in [0.4, 0.5) is 0 Å². The molecule has 0 aliphatic heterocycles. The standard InChI is InChI=1S/C84H54O2/c1-5-17-55(18-6-1)59-29-37-63(38-30-59)67-45-47-81-75(49-67)79-53-69(65-41-33-61(34-42-65)57-21-9-3-10-22-57)51-77(83(79)85-81)73-27-15-13-25-71(73)72-26-14-16-28-74(72)78-52-70(66-43-35-62(36-44-66)58-23-11-4-12-24-58)54-80-76-50-68(46-48-82(76)86-84(78)80)64-39-31-60(32-40-64)56-19-7-2-8-20-56/h1-54H. The number of fused-ring (bicyclic) bond motifs is 6. The molecular formula is C84H54O2. The average Bonchev–Trinajstić information content (AvgIpc) is 1.78. The van der Waals surface area contributed by atoms with Crippen molar-refractivity contribution in [1.29, 1.82) is 0 Å². The zero-order chi connectivity index (χ0) is 56.9. The van der Waals surface area contributed by atoms with Crippen LogP contribution in [0.25, 0.3) is 166 Å². The van der Waals surface area contributed by atoms with Gasteiger partial charge in [0.1, 0.15) is 22.3 Å². The zero-order valence-electron chi connectivity index (χ0n) is 47.0. The molecule has 0 atom stereocenters. The number of furan rings is 2. The van der Waals surface area contributed by atoms with Gasteiger partial charge in [0.05, 0.1) is 0 Å². The van der Waals surface area contributed by atoms with Crippen LogP contribution >= 0.6 is 0 Å². The van der Waals surface area contributed by atoms with Gasteiger partial charge in [-0.25, -0.2) is 0 Å². The topological polar surface area (TPSA) is 26.3 Å². The maximum Gasteiger partial charge on any atom is 0.143 e. The fourth-order valence-corrected chi connectivity index (χ4v) is 12.7. The van der Waals surface area contributed by atoms with Crippen LogP contribution < -0.4 is 0 Å². The molecule has 86 heavy (non-hydrogen) atoms. The van der Waals surface area contributed by atoms with Crippen molar-refractivity contribution in [1.82, 2.24) is 0 Å². The van der Waals surface area contributed by atoms with E-state index < -0.39 is 0 Å². The summed E-state index contributed by atoms with van der Waals surface area (Å²) in [6, 6.07) is 118. The third-order valence-electron chi connectivity index (χ3n) is 17.2. The van der Waals surface area contributed by atoms with Gasteiger partial charge in [0, 0.05) is 32.7 Å². The van der Waals surface area contributed by atoms with Gasteiger partial charge >= 0.3 is 0 Å². The van der Waals surface area contributed by atoms with Crippen LogP contribution in [0.1, 0.15) is 0 Å². The predicted octanol–water partition coefficient (Wildman–Crippen LogP) is 23.8. The lowest BCUT2D eigenvalue weighted by atomic mass is 9.86. The Kier molecular flexibility index (Phi) is 12.6. The van der Waals surface area contributed by atoms with Crippen LogP contribution in [-0.4, -0.2) is 0 Å². The highest BCUT2D eigenvalue weighted by Crippen LogP contribution is 2.48. The van der Waals surface area contributed by atoms with Crippen LogP contribution in [-0.2, 0) is 0 Å². The highest BCUT2D eigenvalue weighted by Gasteiger charge is 2.23. The Morgan fingerprint density at radius 1 is 0.140 bits per heavy atom. The molecule has 0 aliphatic rings. The first kappa shape index (κ1) is 50.4. The van der Waals surface area contributed by atoms with Gasteiger partial charge in [-0.3, -0.25) is 0 Å². The molecule has 0 amide bonds. The van der Waals surface area contributed by atoms with Crippen LogP contribution in [0.15, 0.2) is 336 Å². The van der Waals surface area contributed by atoms with Gasteiger partial charge < -0.3 is 8.83 Å². The summed E-state index contributed by atoms with van der Waals surface area (Å²) >= 11 is 0. The molecule has 0 spiro atoms. The van der Waals surface area contributed by atoms with Gasteiger partial charge in [-0.2, -0.15) is 0 Å². The van der Waals surface area contributed by atoms with Crippen LogP contribution in [0.5, 0.6) is 0 Å². The van der Waals surface area contributed by atoms with E-state index in [2.05, 4.69) is 328 Å². The first-order valence-corrected chi connectivity index (χ1v) is 29.4. The van der Waals surface area contributed by atoms with Gasteiger partial charge in [-0.05, 0) is 160 Å². The van der Waals surface area contributed by atoms with E-state index >= 15 is 0 Å². The highest BCUT2D eigenvalue weighted by molar-refractivity contribution is 6.16. The molecule has 0 unspecified atom stereocenters. The molecular weight excluding hydrogens is 1040 g/mol. The SMILES string of the molecule is c1ccc(-c2ccc(-c3ccc4oc5c(-c6ccccc6-c6ccccc6-c6cc(-c7ccc(-c8ccccc8)cc7)cc7c6oc6ccc(-c8ccc(-c9ccccc9)cc8)cc67)cc(-c6ccc(-c7ccccc7)cc6)cc5c4c3)cc2)cc1. The van der Waals surface area contributed by atoms with Crippen molar-refractivity contribution >= 4 is 43.9 Å². The van der Waals surface area contributed by atoms with Crippen molar-refractivity contribution in [2.45, 2.75) is 0 Å². The van der Waals surface area contributed by atoms with Crippen molar-refractivity contribution in [2.75, 3.05) is 0 Å². The molecule has 402 valence electrons. The van der Waals surface area contributed by atoms with Gasteiger partial charge in [-0.15, -0.1) is 0 Å². The summed E-state index contributed by atoms with van der Waals surface area (Å²) in [5.41, 5.74) is 28.3. The van der Waals surface area contributed by atoms with E-state index in [1.807, 2.05) is 0 Å². The minimum absolute atomic E-state index is 0.841. The van der Waals surface area contributed by atoms with E-state index in [0.29, 0.717) is 0 Å². The van der Waals surface area contributed by atoms with E-state index in [4.69, 9.17) is 8.83 Å². The minimum atomic E-state index is 0.841. The summed E-state index contributed by atoms with van der Waals surface area (Å²) in [4.78, 5) is 0. The van der Waals surface area contributed by atoms with Crippen molar-refractivity contribution in [3.8, 4) is 122 Å². The Bertz CT molecular complexity index is 4810. The summed E-state index contributed by atoms with van der Waals surface area (Å²) in [6.45, 7) is 0. The fraction of sp³-hybridized carbons (Fsp3) is 0. The lowest BCUT2D eigenvalue weighted by Gasteiger charge is -2.17. The van der Waals surface area contributed by atoms with E-state index in [9.17, 15) is 0 Å². The number of rotatable bonds is 11. The molecule has 2 aromatic heterocycles. The number of hydrogen-bond acceptors (Lipinski definition) is 2. The van der Waals surface area contributed by atoms with Gasteiger partial charge in [0.2, 0.25) is 0 Å². The molecule has 0 radical (unpaired) electrons. The summed E-state index contributed by atoms with van der Waals surface area (Å²) in [6.07, 6.45) is 0. The number of benzene rings is 14. The van der Waals surface area contributed by atoms with Gasteiger partial charge in [-0.1, -0.05) is 279 Å². The monoisotopic (exact) mass is 1090 g/mol. The molecule has 0 fully saturated rings. The Morgan fingerprint density at radius 2 is 0.349 bits per heavy atom. The first-order chi connectivity index (χ1) is 42.6. The van der Waals surface area contributed by atoms with E-state index in [0.717, 1.165) is 122 Å². The quantitative estimate of drug-likeness (QED) is 0.129. The van der Waals surface area contributed by atoms with Crippen molar-refractivity contribution < 1.29 is 8.83 Å². The molecule has 2 heteroatoms. The smallest absolute Gasteiger partial charge is 0.143 e. The van der Waals surface area contributed by atoms with Crippen molar-refractivity contribution in [3.63, 3.8) is 0 Å². The largest absolute Gasteiger partial charge is 0.455 e. The van der Waals surface area contributed by atoms with E-state index in [-0.39, 0.29) is 0 Å². The molecule has 14 aromatic carbocycles.